The molecule has 0 atom stereocenters. The molecule has 1 aliphatic rings. The first-order valence-corrected chi connectivity index (χ1v) is 9.72. The van der Waals surface area contributed by atoms with Crippen molar-refractivity contribution in [2.75, 3.05) is 10.2 Å². The first-order chi connectivity index (χ1) is 13.9. The fraction of sp³-hybridized carbons (Fsp3) is 0.0769. The number of hydrogen-bond acceptors (Lipinski definition) is 2. The molecule has 0 aromatic heterocycles. The number of fused-ring (bicyclic) bond motifs is 2. The Bertz CT molecular complexity index is 1090. The van der Waals surface area contributed by atoms with Crippen LogP contribution in [0.2, 0.25) is 0 Å². The van der Waals surface area contributed by atoms with E-state index in [0.29, 0.717) is 0 Å². The predicted octanol–water partition coefficient (Wildman–Crippen LogP) is 6.67. The van der Waals surface area contributed by atoms with E-state index < -0.39 is 0 Å². The zero-order valence-corrected chi connectivity index (χ0v) is 15.7. The molecule has 0 aliphatic carbocycles. The lowest BCUT2D eigenvalue weighted by atomic mass is 9.98. The molecule has 1 aliphatic heterocycles. The van der Waals surface area contributed by atoms with E-state index in [1.54, 1.807) is 0 Å². The number of nitrogens with zero attached hydrogens (tertiary/aromatic N) is 1. The van der Waals surface area contributed by atoms with Crippen molar-refractivity contribution in [3.63, 3.8) is 0 Å². The molecule has 0 fully saturated rings. The molecule has 5 rings (SSSR count). The van der Waals surface area contributed by atoms with Gasteiger partial charge in [-0.25, -0.2) is 0 Å². The predicted molar refractivity (Wildman–Crippen MR) is 118 cm³/mol. The molecule has 2 heteroatoms. The highest BCUT2D eigenvalue weighted by Gasteiger charge is 2.24. The average Bonchev–Trinajstić information content (AvgIpc) is 2.75. The van der Waals surface area contributed by atoms with Crippen molar-refractivity contribution >= 4 is 22.7 Å². The van der Waals surface area contributed by atoms with E-state index in [-0.39, 0.29) is 0 Å². The molecule has 0 spiro atoms. The normalized spacial score (nSPS) is 12.1. The van der Waals surface area contributed by atoms with Crippen LogP contribution in [0.1, 0.15) is 16.7 Å². The first kappa shape index (κ1) is 16.6. The van der Waals surface area contributed by atoms with Gasteiger partial charge in [-0.15, -0.1) is 0 Å². The van der Waals surface area contributed by atoms with Crippen LogP contribution in [-0.2, 0) is 13.0 Å². The summed E-state index contributed by atoms with van der Waals surface area (Å²) in [4.78, 5) is 2.45. The number of hydrogen-bond donors (Lipinski definition) is 1. The van der Waals surface area contributed by atoms with Crippen LogP contribution in [0.3, 0.4) is 0 Å². The Hall–Kier alpha value is -3.52. The molecule has 0 bridgehead atoms. The molecule has 1 N–H and O–H groups in total. The number of nitrogens with one attached hydrogen (secondary N) is 1. The van der Waals surface area contributed by atoms with Crippen LogP contribution in [0.15, 0.2) is 103 Å². The van der Waals surface area contributed by atoms with Gasteiger partial charge in [-0.05, 0) is 41.3 Å². The SMILES string of the molecule is c1ccc(Cc2cccc3c2N(Cc2ccccc2)c2ccccc2N3)cc1. The fourth-order valence-corrected chi connectivity index (χ4v) is 3.98. The van der Waals surface area contributed by atoms with Gasteiger partial charge in [0.1, 0.15) is 0 Å². The minimum Gasteiger partial charge on any atom is -0.352 e. The van der Waals surface area contributed by atoms with E-state index in [9.17, 15) is 0 Å². The van der Waals surface area contributed by atoms with Crippen molar-refractivity contribution in [1.29, 1.82) is 0 Å². The summed E-state index contributed by atoms with van der Waals surface area (Å²) in [6.07, 6.45) is 0.916. The van der Waals surface area contributed by atoms with Gasteiger partial charge in [-0.2, -0.15) is 0 Å². The molecular weight excluding hydrogens is 340 g/mol. The van der Waals surface area contributed by atoms with Gasteiger partial charge >= 0.3 is 0 Å². The molecule has 0 amide bonds. The summed E-state index contributed by atoms with van der Waals surface area (Å²) in [6, 6.07) is 36.5. The van der Waals surface area contributed by atoms with Crippen molar-refractivity contribution in [2.24, 2.45) is 0 Å². The molecule has 136 valence electrons. The molecular formula is C26H22N2. The molecule has 0 radical (unpaired) electrons. The Balaban J connectivity index is 1.62. The van der Waals surface area contributed by atoms with Crippen molar-refractivity contribution < 1.29 is 0 Å². The summed E-state index contributed by atoms with van der Waals surface area (Å²) in [5.41, 5.74) is 8.79. The maximum absolute atomic E-state index is 3.64. The summed E-state index contributed by atoms with van der Waals surface area (Å²) in [5.74, 6) is 0. The van der Waals surface area contributed by atoms with Crippen LogP contribution in [0.5, 0.6) is 0 Å². The monoisotopic (exact) mass is 362 g/mol. The zero-order chi connectivity index (χ0) is 18.8. The van der Waals surface area contributed by atoms with Crippen LogP contribution in [0.4, 0.5) is 22.7 Å². The summed E-state index contributed by atoms with van der Waals surface area (Å²) in [5, 5.41) is 3.64. The summed E-state index contributed by atoms with van der Waals surface area (Å²) >= 11 is 0. The maximum Gasteiger partial charge on any atom is 0.0689 e. The third-order valence-corrected chi connectivity index (χ3v) is 5.27. The molecule has 4 aromatic rings. The van der Waals surface area contributed by atoms with E-state index in [0.717, 1.165) is 18.7 Å². The van der Waals surface area contributed by atoms with Gasteiger partial charge in [0.2, 0.25) is 0 Å². The Kier molecular flexibility index (Phi) is 4.30. The third kappa shape index (κ3) is 3.14. The van der Waals surface area contributed by atoms with Crippen molar-refractivity contribution in [3.05, 3.63) is 120 Å². The minimum absolute atomic E-state index is 0.846. The van der Waals surface area contributed by atoms with Gasteiger partial charge in [-0.1, -0.05) is 84.9 Å². The van der Waals surface area contributed by atoms with Crippen LogP contribution in [0.25, 0.3) is 0 Å². The van der Waals surface area contributed by atoms with E-state index in [1.165, 1.54) is 33.8 Å². The van der Waals surface area contributed by atoms with Crippen molar-refractivity contribution in [1.82, 2.24) is 0 Å². The molecule has 0 saturated heterocycles. The Morgan fingerprint density at radius 3 is 2.00 bits per heavy atom. The molecule has 1 heterocycles. The maximum atomic E-state index is 3.64. The topological polar surface area (TPSA) is 15.3 Å². The molecule has 0 unspecified atom stereocenters. The summed E-state index contributed by atoms with van der Waals surface area (Å²) in [6.45, 7) is 0.846. The summed E-state index contributed by atoms with van der Waals surface area (Å²) in [7, 11) is 0. The quantitative estimate of drug-likeness (QED) is 0.436. The molecule has 0 saturated carbocycles. The standard InChI is InChI=1S/C26H22N2/c1-3-10-20(11-4-1)18-22-14-9-16-24-26(22)28(19-21-12-5-2-6-13-21)25-17-8-7-15-23(25)27-24/h1-17,27H,18-19H2. The molecule has 2 nitrogen and oxygen atoms in total. The van der Waals surface area contributed by atoms with E-state index in [1.807, 2.05) is 0 Å². The molecule has 4 aromatic carbocycles. The smallest absolute Gasteiger partial charge is 0.0689 e. The zero-order valence-electron chi connectivity index (χ0n) is 15.7. The van der Waals surface area contributed by atoms with Crippen molar-refractivity contribution in [2.45, 2.75) is 13.0 Å². The lowest BCUT2D eigenvalue weighted by molar-refractivity contribution is 0.955. The van der Waals surface area contributed by atoms with Crippen LogP contribution < -0.4 is 10.2 Å². The second kappa shape index (κ2) is 7.24. The second-order valence-corrected chi connectivity index (χ2v) is 7.19. The van der Waals surface area contributed by atoms with E-state index in [4.69, 9.17) is 0 Å². The lowest BCUT2D eigenvalue weighted by Crippen LogP contribution is -2.23. The van der Waals surface area contributed by atoms with Gasteiger partial charge in [0, 0.05) is 6.54 Å². The van der Waals surface area contributed by atoms with Crippen LogP contribution >= 0.6 is 0 Å². The fourth-order valence-electron chi connectivity index (χ4n) is 3.98. The highest BCUT2D eigenvalue weighted by atomic mass is 15.2. The van der Waals surface area contributed by atoms with Gasteiger partial charge in [-0.3, -0.25) is 0 Å². The summed E-state index contributed by atoms with van der Waals surface area (Å²) < 4.78 is 0. The first-order valence-electron chi connectivity index (χ1n) is 9.72. The van der Waals surface area contributed by atoms with E-state index in [2.05, 4.69) is 113 Å². The average molecular weight is 362 g/mol. The highest BCUT2D eigenvalue weighted by Crippen LogP contribution is 2.46. The Morgan fingerprint density at radius 2 is 1.21 bits per heavy atom. The number of rotatable bonds is 4. The van der Waals surface area contributed by atoms with Gasteiger partial charge in [0.05, 0.1) is 22.7 Å². The van der Waals surface area contributed by atoms with Crippen LogP contribution in [0, 0.1) is 0 Å². The number of benzene rings is 4. The van der Waals surface area contributed by atoms with E-state index >= 15 is 0 Å². The van der Waals surface area contributed by atoms with Crippen molar-refractivity contribution in [3.8, 4) is 0 Å². The third-order valence-electron chi connectivity index (χ3n) is 5.27. The van der Waals surface area contributed by atoms with Gasteiger partial charge in [0.15, 0.2) is 0 Å². The second-order valence-electron chi connectivity index (χ2n) is 7.19. The van der Waals surface area contributed by atoms with Gasteiger partial charge in [0.25, 0.3) is 0 Å². The minimum atomic E-state index is 0.846. The molecule has 28 heavy (non-hydrogen) atoms. The Labute approximate surface area is 166 Å². The van der Waals surface area contributed by atoms with Crippen LogP contribution in [-0.4, -0.2) is 0 Å². The van der Waals surface area contributed by atoms with Gasteiger partial charge < -0.3 is 10.2 Å². The highest BCUT2D eigenvalue weighted by molar-refractivity contribution is 5.93. The lowest BCUT2D eigenvalue weighted by Gasteiger charge is -2.35. The number of anilines is 4. The Morgan fingerprint density at radius 1 is 0.571 bits per heavy atom. The number of para-hydroxylation sites is 3. The largest absolute Gasteiger partial charge is 0.352 e.